The van der Waals surface area contributed by atoms with Crippen LogP contribution >= 0.6 is 0 Å². The first-order valence-electron chi connectivity index (χ1n) is 12.6. The number of nitrogens with zero attached hydrogens (tertiary/aromatic N) is 3. The summed E-state index contributed by atoms with van der Waals surface area (Å²) in [7, 11) is 0. The Balaban J connectivity index is 1.32. The molecule has 9 nitrogen and oxygen atoms in total. The van der Waals surface area contributed by atoms with Crippen molar-refractivity contribution in [3.05, 3.63) is 81.8 Å². The molecular formula is C28H28F2N6O3. The van der Waals surface area contributed by atoms with Crippen LogP contribution in [0.1, 0.15) is 76.3 Å². The van der Waals surface area contributed by atoms with Gasteiger partial charge in [0.25, 0.3) is 5.91 Å². The molecule has 0 aliphatic heterocycles. The number of nitrogens with one attached hydrogen (secondary N) is 3. The number of carbonyl (C=O) groups excluding carboxylic acids is 2. The lowest BCUT2D eigenvalue weighted by Gasteiger charge is -2.21. The Kier molecular flexibility index (Phi) is 6.75. The van der Waals surface area contributed by atoms with Crippen molar-refractivity contribution in [3.63, 3.8) is 0 Å². The molecule has 0 unspecified atom stereocenters. The topological polar surface area (TPSA) is 122 Å². The van der Waals surface area contributed by atoms with Gasteiger partial charge in [-0.25, -0.2) is 23.5 Å². The number of esters is 1. The van der Waals surface area contributed by atoms with Gasteiger partial charge in [0.15, 0.2) is 23.1 Å². The van der Waals surface area contributed by atoms with E-state index in [0.29, 0.717) is 40.8 Å². The number of carbonyl (C=O) groups is 2. The van der Waals surface area contributed by atoms with Crippen LogP contribution in [0.2, 0.25) is 0 Å². The number of ether oxygens (including phenoxy) is 1. The highest BCUT2D eigenvalue weighted by Gasteiger charge is 2.30. The number of H-pyrrole nitrogens is 1. The highest BCUT2D eigenvalue weighted by atomic mass is 19.2. The van der Waals surface area contributed by atoms with Gasteiger partial charge in [-0.1, -0.05) is 12.1 Å². The Labute approximate surface area is 223 Å². The van der Waals surface area contributed by atoms with Crippen LogP contribution in [-0.4, -0.2) is 37.6 Å². The third kappa shape index (κ3) is 5.29. The molecule has 1 atom stereocenters. The van der Waals surface area contributed by atoms with Gasteiger partial charge >= 0.3 is 5.97 Å². The van der Waals surface area contributed by atoms with Gasteiger partial charge in [0.05, 0.1) is 11.6 Å². The van der Waals surface area contributed by atoms with Crippen LogP contribution < -0.4 is 10.6 Å². The van der Waals surface area contributed by atoms with E-state index in [1.54, 1.807) is 6.07 Å². The van der Waals surface area contributed by atoms with Crippen LogP contribution in [0.3, 0.4) is 0 Å². The Morgan fingerprint density at radius 2 is 1.92 bits per heavy atom. The van der Waals surface area contributed by atoms with E-state index in [0.717, 1.165) is 28.8 Å². The Morgan fingerprint density at radius 1 is 1.13 bits per heavy atom. The van der Waals surface area contributed by atoms with E-state index in [9.17, 15) is 18.4 Å². The molecule has 0 fully saturated rings. The second-order valence-corrected chi connectivity index (χ2v) is 10.5. The van der Waals surface area contributed by atoms with Gasteiger partial charge in [0.2, 0.25) is 0 Å². The summed E-state index contributed by atoms with van der Waals surface area (Å²) < 4.78 is 32.3. The normalized spacial score (nSPS) is 14.8. The summed E-state index contributed by atoms with van der Waals surface area (Å²) in [4.78, 5) is 34.3. The lowest BCUT2D eigenvalue weighted by molar-refractivity contribution is 0.00684. The number of halogens is 2. The van der Waals surface area contributed by atoms with E-state index in [-0.39, 0.29) is 24.2 Å². The van der Waals surface area contributed by atoms with E-state index in [1.807, 2.05) is 33.8 Å². The molecule has 0 saturated carbocycles. The first-order chi connectivity index (χ1) is 18.5. The van der Waals surface area contributed by atoms with Crippen molar-refractivity contribution in [2.24, 2.45) is 0 Å². The number of rotatable bonds is 6. The smallest absolute Gasteiger partial charge is 0.338 e. The third-order valence-electron chi connectivity index (χ3n) is 6.63. The standard InChI is InChI=1S/C28H28F2N6O3/c1-14-16-8-10-21(18(16)7-6-17(14)27(38)39-28(2,3)4)34-26(37)24-22-23(32-13-33-24)25(36-35-22)31-12-15-5-9-19(29)20(30)11-15/h5-7,9,11,13,21H,8,10,12H2,1-4H3,(H,34,37)(H2,31,35,36)/t21-/m0/s1. The highest BCUT2D eigenvalue weighted by Crippen LogP contribution is 2.35. The van der Waals surface area contributed by atoms with Crippen molar-refractivity contribution < 1.29 is 23.1 Å². The average Bonchev–Trinajstić information content (AvgIpc) is 3.48. The predicted octanol–water partition coefficient (Wildman–Crippen LogP) is 4.92. The molecule has 1 amide bonds. The van der Waals surface area contributed by atoms with Crippen LogP contribution in [0, 0.1) is 18.6 Å². The van der Waals surface area contributed by atoms with E-state index >= 15 is 0 Å². The first kappa shape index (κ1) is 26.2. The average molecular weight is 535 g/mol. The molecule has 0 radical (unpaired) electrons. The lowest BCUT2D eigenvalue weighted by Crippen LogP contribution is -2.28. The van der Waals surface area contributed by atoms with Crippen molar-refractivity contribution in [3.8, 4) is 0 Å². The molecule has 4 aromatic rings. The molecule has 0 bridgehead atoms. The molecule has 1 aliphatic rings. The van der Waals surface area contributed by atoms with Crippen LogP contribution in [0.15, 0.2) is 36.7 Å². The number of fused-ring (bicyclic) bond motifs is 2. The zero-order valence-corrected chi connectivity index (χ0v) is 22.0. The van der Waals surface area contributed by atoms with Gasteiger partial charge in [-0.05, 0) is 81.0 Å². The van der Waals surface area contributed by atoms with Crippen LogP contribution in [0.5, 0.6) is 0 Å². The fraction of sp³-hybridized carbons (Fsp3) is 0.321. The Morgan fingerprint density at radius 3 is 2.67 bits per heavy atom. The number of hydrogen-bond donors (Lipinski definition) is 3. The fourth-order valence-corrected chi connectivity index (χ4v) is 4.78. The number of amides is 1. The molecule has 3 N–H and O–H groups in total. The summed E-state index contributed by atoms with van der Waals surface area (Å²) in [5.41, 5.74) is 4.15. The minimum Gasteiger partial charge on any atom is -0.456 e. The molecule has 202 valence electrons. The molecule has 11 heteroatoms. The van der Waals surface area contributed by atoms with Crippen molar-refractivity contribution in [1.29, 1.82) is 0 Å². The zero-order chi connectivity index (χ0) is 27.9. The van der Waals surface area contributed by atoms with Gasteiger partial charge in [0, 0.05) is 6.54 Å². The number of aromatic nitrogens is 4. The van der Waals surface area contributed by atoms with Crippen LogP contribution in [0.4, 0.5) is 14.6 Å². The number of anilines is 1. The minimum atomic E-state index is -0.938. The highest BCUT2D eigenvalue weighted by molar-refractivity contribution is 6.05. The molecular weight excluding hydrogens is 506 g/mol. The molecule has 2 aromatic heterocycles. The zero-order valence-electron chi connectivity index (χ0n) is 22.0. The number of benzene rings is 2. The molecule has 1 aliphatic carbocycles. The molecule has 0 spiro atoms. The van der Waals surface area contributed by atoms with Crippen LogP contribution in [-0.2, 0) is 17.7 Å². The van der Waals surface area contributed by atoms with E-state index in [4.69, 9.17) is 4.74 Å². The van der Waals surface area contributed by atoms with E-state index < -0.39 is 23.1 Å². The van der Waals surface area contributed by atoms with Gasteiger partial charge in [-0.3, -0.25) is 9.89 Å². The summed E-state index contributed by atoms with van der Waals surface area (Å²) in [5, 5.41) is 13.1. The Hall–Kier alpha value is -4.41. The maximum absolute atomic E-state index is 13.5. The summed E-state index contributed by atoms with van der Waals surface area (Å²) in [6, 6.07) is 6.98. The largest absolute Gasteiger partial charge is 0.456 e. The summed E-state index contributed by atoms with van der Waals surface area (Å²) in [6.07, 6.45) is 2.66. The molecule has 0 saturated heterocycles. The molecule has 2 aromatic carbocycles. The van der Waals surface area contributed by atoms with Gasteiger partial charge in [0.1, 0.15) is 23.0 Å². The number of aromatic amines is 1. The molecule has 39 heavy (non-hydrogen) atoms. The van der Waals surface area contributed by atoms with E-state index in [2.05, 4.69) is 30.8 Å². The fourth-order valence-electron chi connectivity index (χ4n) is 4.78. The van der Waals surface area contributed by atoms with Crippen LogP contribution in [0.25, 0.3) is 11.0 Å². The second-order valence-electron chi connectivity index (χ2n) is 10.5. The SMILES string of the molecule is Cc1c(C(=O)OC(C)(C)C)ccc2c1CC[C@@H]2NC(=O)c1ncnc2c(NCc3ccc(F)c(F)c3)n[nH]c12. The van der Waals surface area contributed by atoms with Gasteiger partial charge < -0.3 is 15.4 Å². The monoisotopic (exact) mass is 534 g/mol. The Bertz CT molecular complexity index is 1590. The van der Waals surface area contributed by atoms with Crippen molar-refractivity contribution in [1.82, 2.24) is 25.5 Å². The van der Waals surface area contributed by atoms with E-state index in [1.165, 1.54) is 12.4 Å². The quantitative estimate of drug-likeness (QED) is 0.300. The summed E-state index contributed by atoms with van der Waals surface area (Å²) >= 11 is 0. The lowest BCUT2D eigenvalue weighted by atomic mass is 9.97. The minimum absolute atomic E-state index is 0.129. The van der Waals surface area contributed by atoms with Crippen molar-refractivity contribution >= 4 is 28.7 Å². The maximum Gasteiger partial charge on any atom is 0.338 e. The second kappa shape index (κ2) is 10.0. The number of hydrogen-bond acceptors (Lipinski definition) is 7. The van der Waals surface area contributed by atoms with Gasteiger partial charge in [-0.2, -0.15) is 5.10 Å². The van der Waals surface area contributed by atoms with Crippen molar-refractivity contribution in [2.45, 2.75) is 58.7 Å². The van der Waals surface area contributed by atoms with Crippen molar-refractivity contribution in [2.75, 3.05) is 5.32 Å². The first-order valence-corrected chi connectivity index (χ1v) is 12.6. The van der Waals surface area contributed by atoms with Gasteiger partial charge in [-0.15, -0.1) is 0 Å². The third-order valence-corrected chi connectivity index (χ3v) is 6.63. The predicted molar refractivity (Wildman–Crippen MR) is 140 cm³/mol. The maximum atomic E-state index is 13.5. The summed E-state index contributed by atoms with van der Waals surface area (Å²) in [6.45, 7) is 7.56. The molecule has 5 rings (SSSR count). The summed E-state index contributed by atoms with van der Waals surface area (Å²) in [5.74, 6) is -2.28. The molecule has 2 heterocycles.